The summed E-state index contributed by atoms with van der Waals surface area (Å²) in [6.07, 6.45) is 2.80. The minimum Gasteiger partial charge on any atom is -0.389 e. The highest BCUT2D eigenvalue weighted by Crippen LogP contribution is 1.77. The standard InChI is InChI=1S/C5H8O2/c1-5(7)3-2-4-6/h2-5,7H,1H3/b3-2+/t5-/m0/s1. The molecular formula is C5H8O2. The lowest BCUT2D eigenvalue weighted by molar-refractivity contribution is -0.104. The van der Waals surface area contributed by atoms with Gasteiger partial charge in [-0.15, -0.1) is 0 Å². The first-order valence-electron chi connectivity index (χ1n) is 2.07. The van der Waals surface area contributed by atoms with E-state index < -0.39 is 6.10 Å². The third kappa shape index (κ3) is 5.37. The van der Waals surface area contributed by atoms with Crippen LogP contribution in [0.2, 0.25) is 0 Å². The van der Waals surface area contributed by atoms with Crippen LogP contribution >= 0.6 is 0 Å². The molecular weight excluding hydrogens is 92.1 g/mol. The zero-order valence-electron chi connectivity index (χ0n) is 4.16. The molecule has 0 amide bonds. The lowest BCUT2D eigenvalue weighted by Gasteiger charge is -1.86. The highest BCUT2D eigenvalue weighted by Gasteiger charge is 1.80. The van der Waals surface area contributed by atoms with Crippen molar-refractivity contribution >= 4 is 6.29 Å². The summed E-state index contributed by atoms with van der Waals surface area (Å²) in [7, 11) is 0. The monoisotopic (exact) mass is 100 g/mol. The molecule has 2 heteroatoms. The molecule has 0 rings (SSSR count). The van der Waals surface area contributed by atoms with Gasteiger partial charge >= 0.3 is 0 Å². The molecule has 0 aliphatic heterocycles. The number of aldehydes is 1. The normalized spacial score (nSPS) is 14.6. The van der Waals surface area contributed by atoms with Crippen LogP contribution in [-0.4, -0.2) is 17.5 Å². The van der Waals surface area contributed by atoms with Crippen LogP contribution in [-0.2, 0) is 4.79 Å². The third-order valence-corrected chi connectivity index (χ3v) is 0.468. The number of carbonyl (C=O) groups is 1. The Bertz CT molecular complexity index is 74.1. The Morgan fingerprint density at radius 3 is 2.43 bits per heavy atom. The van der Waals surface area contributed by atoms with E-state index in [-0.39, 0.29) is 0 Å². The van der Waals surface area contributed by atoms with Gasteiger partial charge in [0.05, 0.1) is 6.10 Å². The van der Waals surface area contributed by atoms with E-state index in [9.17, 15) is 4.79 Å². The van der Waals surface area contributed by atoms with Gasteiger partial charge in [-0.1, -0.05) is 6.08 Å². The molecule has 0 aliphatic rings. The first-order chi connectivity index (χ1) is 3.27. The minimum atomic E-state index is -0.509. The van der Waals surface area contributed by atoms with E-state index in [1.165, 1.54) is 12.2 Å². The van der Waals surface area contributed by atoms with E-state index in [1.54, 1.807) is 6.92 Å². The SMILES string of the molecule is C[C@H](O)/C=C/C=O. The Balaban J connectivity index is 3.25. The van der Waals surface area contributed by atoms with Gasteiger partial charge in [0.15, 0.2) is 0 Å². The van der Waals surface area contributed by atoms with E-state index in [0.29, 0.717) is 6.29 Å². The van der Waals surface area contributed by atoms with Gasteiger partial charge in [0.2, 0.25) is 0 Å². The Hall–Kier alpha value is -0.630. The van der Waals surface area contributed by atoms with Crippen LogP contribution in [0.1, 0.15) is 6.92 Å². The fraction of sp³-hybridized carbons (Fsp3) is 0.400. The lowest BCUT2D eigenvalue weighted by atomic mass is 10.4. The highest BCUT2D eigenvalue weighted by molar-refractivity contribution is 5.64. The lowest BCUT2D eigenvalue weighted by Crippen LogP contribution is -1.91. The summed E-state index contributed by atoms with van der Waals surface area (Å²) < 4.78 is 0. The molecule has 0 aromatic carbocycles. The summed E-state index contributed by atoms with van der Waals surface area (Å²) in [5, 5.41) is 8.44. The number of aliphatic hydroxyl groups excluding tert-OH is 1. The second-order valence-electron chi connectivity index (χ2n) is 1.26. The van der Waals surface area contributed by atoms with Crippen LogP contribution in [0.4, 0.5) is 0 Å². The average Bonchev–Trinajstić information content (AvgIpc) is 1.61. The molecule has 0 spiro atoms. The molecule has 0 saturated heterocycles. The van der Waals surface area contributed by atoms with Gasteiger partial charge in [0.25, 0.3) is 0 Å². The van der Waals surface area contributed by atoms with Gasteiger partial charge in [-0.25, -0.2) is 0 Å². The fourth-order valence-electron chi connectivity index (χ4n) is 0.206. The van der Waals surface area contributed by atoms with Gasteiger partial charge in [-0.3, -0.25) is 4.79 Å². The fourth-order valence-corrected chi connectivity index (χ4v) is 0.206. The maximum absolute atomic E-state index is 9.51. The maximum atomic E-state index is 9.51. The van der Waals surface area contributed by atoms with Crippen molar-refractivity contribution in [2.45, 2.75) is 13.0 Å². The summed E-state index contributed by atoms with van der Waals surface area (Å²) in [5.74, 6) is 0. The third-order valence-electron chi connectivity index (χ3n) is 0.468. The van der Waals surface area contributed by atoms with E-state index >= 15 is 0 Å². The molecule has 0 unspecified atom stereocenters. The average molecular weight is 100 g/mol. The van der Waals surface area contributed by atoms with E-state index in [0.717, 1.165) is 0 Å². The van der Waals surface area contributed by atoms with Crippen LogP contribution in [0.15, 0.2) is 12.2 Å². The predicted octanol–water partition coefficient (Wildman–Crippen LogP) is 0.122. The molecule has 0 aromatic heterocycles. The molecule has 0 aliphatic carbocycles. The summed E-state index contributed by atoms with van der Waals surface area (Å²) >= 11 is 0. The number of allylic oxidation sites excluding steroid dienone is 1. The number of hydrogen-bond acceptors (Lipinski definition) is 2. The quantitative estimate of drug-likeness (QED) is 0.395. The van der Waals surface area contributed by atoms with Crippen LogP contribution in [0.5, 0.6) is 0 Å². The van der Waals surface area contributed by atoms with Gasteiger partial charge in [-0.05, 0) is 13.0 Å². The van der Waals surface area contributed by atoms with Crippen LogP contribution in [0.25, 0.3) is 0 Å². The highest BCUT2D eigenvalue weighted by atomic mass is 16.3. The number of aliphatic hydroxyl groups is 1. The van der Waals surface area contributed by atoms with Crippen molar-refractivity contribution in [1.29, 1.82) is 0 Å². The molecule has 0 bridgehead atoms. The van der Waals surface area contributed by atoms with Crippen molar-refractivity contribution in [2.75, 3.05) is 0 Å². The second kappa shape index (κ2) is 3.56. The van der Waals surface area contributed by atoms with E-state index in [4.69, 9.17) is 5.11 Å². The largest absolute Gasteiger partial charge is 0.389 e. The van der Waals surface area contributed by atoms with Gasteiger partial charge in [0, 0.05) is 0 Å². The molecule has 2 nitrogen and oxygen atoms in total. The van der Waals surface area contributed by atoms with Crippen molar-refractivity contribution in [3.8, 4) is 0 Å². The summed E-state index contributed by atoms with van der Waals surface area (Å²) in [4.78, 5) is 9.51. The van der Waals surface area contributed by atoms with Crippen LogP contribution in [0.3, 0.4) is 0 Å². The van der Waals surface area contributed by atoms with Crippen molar-refractivity contribution in [1.82, 2.24) is 0 Å². The molecule has 0 fully saturated rings. The summed E-state index contributed by atoms with van der Waals surface area (Å²) in [6.45, 7) is 1.58. The van der Waals surface area contributed by atoms with E-state index in [1.807, 2.05) is 0 Å². The number of carbonyl (C=O) groups excluding carboxylic acids is 1. The zero-order valence-corrected chi connectivity index (χ0v) is 4.16. The zero-order chi connectivity index (χ0) is 5.70. The molecule has 0 aromatic rings. The Morgan fingerprint density at radius 2 is 2.29 bits per heavy atom. The Kier molecular flexibility index (Phi) is 3.24. The molecule has 0 saturated carbocycles. The summed E-state index contributed by atoms with van der Waals surface area (Å²) in [6, 6.07) is 0. The minimum absolute atomic E-state index is 0.509. The van der Waals surface area contributed by atoms with Gasteiger partial charge in [-0.2, -0.15) is 0 Å². The topological polar surface area (TPSA) is 37.3 Å². The smallest absolute Gasteiger partial charge is 0.142 e. The van der Waals surface area contributed by atoms with E-state index in [2.05, 4.69) is 0 Å². The van der Waals surface area contributed by atoms with Crippen molar-refractivity contribution in [3.05, 3.63) is 12.2 Å². The van der Waals surface area contributed by atoms with Gasteiger partial charge in [0.1, 0.15) is 6.29 Å². The summed E-state index contributed by atoms with van der Waals surface area (Å²) in [5.41, 5.74) is 0. The van der Waals surface area contributed by atoms with Crippen molar-refractivity contribution in [3.63, 3.8) is 0 Å². The molecule has 0 heterocycles. The van der Waals surface area contributed by atoms with Gasteiger partial charge < -0.3 is 5.11 Å². The van der Waals surface area contributed by atoms with Crippen LogP contribution < -0.4 is 0 Å². The first-order valence-corrected chi connectivity index (χ1v) is 2.07. The van der Waals surface area contributed by atoms with Crippen molar-refractivity contribution in [2.24, 2.45) is 0 Å². The van der Waals surface area contributed by atoms with Crippen LogP contribution in [0, 0.1) is 0 Å². The molecule has 1 N–H and O–H groups in total. The first kappa shape index (κ1) is 6.37. The molecule has 1 atom stereocenters. The number of hydrogen-bond donors (Lipinski definition) is 1. The second-order valence-corrected chi connectivity index (χ2v) is 1.26. The Labute approximate surface area is 42.5 Å². The number of rotatable bonds is 2. The maximum Gasteiger partial charge on any atom is 0.142 e. The molecule has 0 radical (unpaired) electrons. The molecule has 7 heavy (non-hydrogen) atoms. The molecule has 40 valence electrons. The Morgan fingerprint density at radius 1 is 1.71 bits per heavy atom. The van der Waals surface area contributed by atoms with Crippen molar-refractivity contribution < 1.29 is 9.90 Å². The predicted molar refractivity (Wildman–Crippen MR) is 26.9 cm³/mol.